The number of likely N-dealkylation sites (N-methyl/N-ethyl adjacent to an activating group) is 1. The third-order valence-corrected chi connectivity index (χ3v) is 3.11. The number of nitrogens with zero attached hydrogens (tertiary/aromatic N) is 2. The minimum absolute atomic E-state index is 0.166. The van der Waals surface area contributed by atoms with Crippen LogP contribution in [0.2, 0.25) is 5.15 Å². The van der Waals surface area contributed by atoms with Gasteiger partial charge in [0, 0.05) is 23.9 Å². The van der Waals surface area contributed by atoms with E-state index in [0.717, 1.165) is 0 Å². The van der Waals surface area contributed by atoms with Crippen molar-refractivity contribution in [2.75, 3.05) is 27.2 Å². The largest absolute Gasteiger partial charge is 0.503 e. The molecule has 0 aliphatic carbocycles. The van der Waals surface area contributed by atoms with Gasteiger partial charge in [0.2, 0.25) is 0 Å². The van der Waals surface area contributed by atoms with E-state index < -0.39 is 6.09 Å². The molecule has 1 heterocycles. The summed E-state index contributed by atoms with van der Waals surface area (Å²) in [5.41, 5.74) is 0. The van der Waals surface area contributed by atoms with E-state index in [2.05, 4.69) is 10.3 Å². The lowest BCUT2D eigenvalue weighted by Gasteiger charge is -2.11. The van der Waals surface area contributed by atoms with Crippen molar-refractivity contribution in [3.8, 4) is 11.6 Å². The van der Waals surface area contributed by atoms with Crippen LogP contribution < -0.4 is 10.1 Å². The number of nitrogens with one attached hydrogen (secondary N) is 1. The van der Waals surface area contributed by atoms with Crippen molar-refractivity contribution in [3.05, 3.63) is 29.4 Å². The summed E-state index contributed by atoms with van der Waals surface area (Å²) < 4.78 is 5.00. The van der Waals surface area contributed by atoms with E-state index in [-0.39, 0.29) is 16.8 Å². The van der Waals surface area contributed by atoms with Gasteiger partial charge in [0.15, 0.2) is 5.75 Å². The monoisotopic (exact) mass is 309 g/mol. The fourth-order valence-electron chi connectivity index (χ4n) is 1.76. The molecule has 0 atom stereocenters. The molecule has 112 valence electrons. The number of ether oxygens (including phenoxy) is 1. The molecule has 0 saturated carbocycles. The molecule has 0 unspecified atom stereocenters. The van der Waals surface area contributed by atoms with Crippen molar-refractivity contribution >= 4 is 28.5 Å². The van der Waals surface area contributed by atoms with Crippen molar-refractivity contribution in [3.63, 3.8) is 0 Å². The topological polar surface area (TPSA) is 74.7 Å². The van der Waals surface area contributed by atoms with Gasteiger partial charge in [-0.2, -0.15) is 4.98 Å². The molecule has 7 heteroatoms. The van der Waals surface area contributed by atoms with E-state index >= 15 is 0 Å². The van der Waals surface area contributed by atoms with Gasteiger partial charge >= 0.3 is 6.09 Å². The SMILES string of the molecule is CN(C)CCNC(=O)Oc1nc(Cl)c2ccccc2c1O. The van der Waals surface area contributed by atoms with E-state index in [1.807, 2.05) is 19.0 Å². The van der Waals surface area contributed by atoms with Crippen LogP contribution in [-0.4, -0.2) is 48.3 Å². The van der Waals surface area contributed by atoms with Gasteiger partial charge in [0.1, 0.15) is 5.15 Å². The van der Waals surface area contributed by atoms with Crippen molar-refractivity contribution in [1.82, 2.24) is 15.2 Å². The van der Waals surface area contributed by atoms with Crippen LogP contribution in [0.15, 0.2) is 24.3 Å². The third-order valence-electron chi connectivity index (χ3n) is 2.82. The summed E-state index contributed by atoms with van der Waals surface area (Å²) in [7, 11) is 3.78. The second-order valence-corrected chi connectivity index (χ2v) is 5.08. The first kappa shape index (κ1) is 15.3. The summed E-state index contributed by atoms with van der Waals surface area (Å²) in [5.74, 6) is -0.418. The minimum Gasteiger partial charge on any atom is -0.503 e. The van der Waals surface area contributed by atoms with E-state index in [1.54, 1.807) is 24.3 Å². The average molecular weight is 310 g/mol. The highest BCUT2D eigenvalue weighted by atomic mass is 35.5. The molecule has 0 spiro atoms. The molecule has 2 aromatic rings. The lowest BCUT2D eigenvalue weighted by molar-refractivity contribution is 0.195. The number of aromatic hydroxyl groups is 1. The predicted molar refractivity (Wildman–Crippen MR) is 81.0 cm³/mol. The average Bonchev–Trinajstić information content (AvgIpc) is 2.44. The molecule has 2 rings (SSSR count). The van der Waals surface area contributed by atoms with Crippen molar-refractivity contribution < 1.29 is 14.6 Å². The van der Waals surface area contributed by atoms with Crippen LogP contribution in [0.1, 0.15) is 0 Å². The molecule has 0 radical (unpaired) electrons. The summed E-state index contributed by atoms with van der Waals surface area (Å²) in [6.07, 6.45) is -0.689. The van der Waals surface area contributed by atoms with Gasteiger partial charge in [0.25, 0.3) is 5.88 Å². The summed E-state index contributed by atoms with van der Waals surface area (Å²) in [4.78, 5) is 17.5. The van der Waals surface area contributed by atoms with Crippen molar-refractivity contribution in [2.45, 2.75) is 0 Å². The standard InChI is InChI=1S/C14H16ClN3O3/c1-18(2)8-7-16-14(20)21-13-11(19)9-5-3-4-6-10(9)12(15)17-13/h3-6,19H,7-8H2,1-2H3,(H,16,20). The molecule has 6 nitrogen and oxygen atoms in total. The third kappa shape index (κ3) is 3.74. The zero-order valence-corrected chi connectivity index (χ0v) is 12.5. The number of halogens is 1. The van der Waals surface area contributed by atoms with Gasteiger partial charge < -0.3 is 20.1 Å². The van der Waals surface area contributed by atoms with Gasteiger partial charge in [-0.15, -0.1) is 0 Å². The number of fused-ring (bicyclic) bond motifs is 1. The number of rotatable bonds is 4. The maximum absolute atomic E-state index is 11.6. The number of carbonyl (C=O) groups is 1. The molecular formula is C14H16ClN3O3. The Kier molecular flexibility index (Phi) is 4.82. The molecule has 0 saturated heterocycles. The predicted octanol–water partition coefficient (Wildman–Crippen LogP) is 2.24. The fraction of sp³-hybridized carbons (Fsp3) is 0.286. The lowest BCUT2D eigenvalue weighted by atomic mass is 10.1. The maximum atomic E-state index is 11.6. The Morgan fingerprint density at radius 1 is 1.38 bits per heavy atom. The number of carbonyl (C=O) groups excluding carboxylic acids is 1. The molecule has 0 fully saturated rings. The van der Waals surface area contributed by atoms with Crippen LogP contribution in [0.5, 0.6) is 11.6 Å². The smallest absolute Gasteiger partial charge is 0.414 e. The molecule has 1 amide bonds. The number of aromatic nitrogens is 1. The summed E-state index contributed by atoms with van der Waals surface area (Å²) in [5, 5.41) is 13.9. The van der Waals surface area contributed by atoms with E-state index in [1.165, 1.54) is 0 Å². The van der Waals surface area contributed by atoms with Gasteiger partial charge in [-0.3, -0.25) is 0 Å². The zero-order chi connectivity index (χ0) is 15.4. The summed E-state index contributed by atoms with van der Waals surface area (Å²) >= 11 is 6.02. The number of hydrogen-bond acceptors (Lipinski definition) is 5. The molecule has 2 N–H and O–H groups in total. The zero-order valence-electron chi connectivity index (χ0n) is 11.8. The number of amides is 1. The Morgan fingerprint density at radius 3 is 2.71 bits per heavy atom. The molecule has 0 aliphatic heterocycles. The maximum Gasteiger partial charge on any atom is 0.414 e. The molecular weight excluding hydrogens is 294 g/mol. The molecule has 1 aromatic carbocycles. The van der Waals surface area contributed by atoms with E-state index in [4.69, 9.17) is 16.3 Å². The summed E-state index contributed by atoms with van der Waals surface area (Å²) in [6.45, 7) is 1.10. The van der Waals surface area contributed by atoms with Crippen LogP contribution in [0, 0.1) is 0 Å². The molecule has 21 heavy (non-hydrogen) atoms. The van der Waals surface area contributed by atoms with Gasteiger partial charge in [-0.1, -0.05) is 35.9 Å². The van der Waals surface area contributed by atoms with E-state index in [9.17, 15) is 9.90 Å². The number of hydrogen-bond donors (Lipinski definition) is 2. The highest BCUT2D eigenvalue weighted by Crippen LogP contribution is 2.36. The quantitative estimate of drug-likeness (QED) is 0.847. The van der Waals surface area contributed by atoms with Crippen LogP contribution in [0.25, 0.3) is 10.8 Å². The number of benzene rings is 1. The van der Waals surface area contributed by atoms with Crippen LogP contribution in [0.4, 0.5) is 4.79 Å². The minimum atomic E-state index is -0.689. The van der Waals surface area contributed by atoms with Gasteiger partial charge in [-0.25, -0.2) is 4.79 Å². The first-order chi connectivity index (χ1) is 9.99. The van der Waals surface area contributed by atoms with Crippen LogP contribution in [-0.2, 0) is 0 Å². The number of pyridine rings is 1. The van der Waals surface area contributed by atoms with Crippen LogP contribution >= 0.6 is 11.6 Å². The Morgan fingerprint density at radius 2 is 2.05 bits per heavy atom. The first-order valence-corrected chi connectivity index (χ1v) is 6.74. The van der Waals surface area contributed by atoms with Crippen molar-refractivity contribution in [1.29, 1.82) is 0 Å². The van der Waals surface area contributed by atoms with Gasteiger partial charge in [0.05, 0.1) is 0 Å². The van der Waals surface area contributed by atoms with E-state index in [0.29, 0.717) is 23.9 Å². The highest BCUT2D eigenvalue weighted by molar-refractivity contribution is 6.34. The fourth-order valence-corrected chi connectivity index (χ4v) is 2.01. The second kappa shape index (κ2) is 6.60. The Hall–Kier alpha value is -2.05. The molecule has 1 aromatic heterocycles. The van der Waals surface area contributed by atoms with Crippen LogP contribution in [0.3, 0.4) is 0 Å². The normalized spacial score (nSPS) is 10.9. The van der Waals surface area contributed by atoms with Crippen molar-refractivity contribution in [2.24, 2.45) is 0 Å². The Bertz CT molecular complexity index is 661. The second-order valence-electron chi connectivity index (χ2n) is 4.72. The van der Waals surface area contributed by atoms with Gasteiger partial charge in [-0.05, 0) is 14.1 Å². The highest BCUT2D eigenvalue weighted by Gasteiger charge is 2.16. The Labute approximate surface area is 127 Å². The molecule has 0 bridgehead atoms. The molecule has 0 aliphatic rings. The summed E-state index contributed by atoms with van der Waals surface area (Å²) in [6, 6.07) is 6.93. The lowest BCUT2D eigenvalue weighted by Crippen LogP contribution is -2.33. The Balaban J connectivity index is 2.15. The first-order valence-electron chi connectivity index (χ1n) is 6.36.